The molecule has 0 bridgehead atoms. The van der Waals surface area contributed by atoms with E-state index in [4.69, 9.17) is 0 Å². The van der Waals surface area contributed by atoms with E-state index in [1.54, 1.807) is 12.3 Å². The number of anilines is 1. The molecule has 1 aromatic heterocycles. The minimum absolute atomic E-state index is 0.247. The van der Waals surface area contributed by atoms with Crippen LogP contribution >= 0.6 is 11.3 Å². The van der Waals surface area contributed by atoms with Gasteiger partial charge in [-0.1, -0.05) is 18.2 Å². The Morgan fingerprint density at radius 2 is 2.10 bits per heavy atom. The Morgan fingerprint density at radius 1 is 1.33 bits per heavy atom. The minimum atomic E-state index is -3.62. The summed E-state index contributed by atoms with van der Waals surface area (Å²) < 4.78 is 27.6. The molecule has 0 spiro atoms. The van der Waals surface area contributed by atoms with Gasteiger partial charge < -0.3 is 5.11 Å². The zero-order valence-electron chi connectivity index (χ0n) is 11.7. The fraction of sp³-hybridized carbons (Fsp3) is 0.333. The van der Waals surface area contributed by atoms with Crippen LogP contribution in [0, 0.1) is 6.92 Å². The second-order valence-corrected chi connectivity index (χ2v) is 7.90. The lowest BCUT2D eigenvalue weighted by molar-refractivity contribution is 0.282. The molecule has 0 radical (unpaired) electrons. The van der Waals surface area contributed by atoms with E-state index >= 15 is 0 Å². The lowest BCUT2D eigenvalue weighted by Crippen LogP contribution is -2.36. The molecule has 3 rings (SSSR count). The normalized spacial score (nSPS) is 15.0. The maximum Gasteiger partial charge on any atom is 0.265 e. The van der Waals surface area contributed by atoms with E-state index in [-0.39, 0.29) is 11.5 Å². The Balaban J connectivity index is 2.14. The Bertz CT molecular complexity index is 765. The zero-order chi connectivity index (χ0) is 15.0. The van der Waals surface area contributed by atoms with E-state index < -0.39 is 10.0 Å². The number of thiophene rings is 1. The number of hydrogen-bond acceptors (Lipinski definition) is 4. The first-order chi connectivity index (χ1) is 10.1. The SMILES string of the molecule is Cc1csc(CO)c1S(=O)(=O)N1CCCc2ccccc21. The third kappa shape index (κ3) is 2.37. The molecule has 4 nitrogen and oxygen atoms in total. The van der Waals surface area contributed by atoms with Crippen molar-refractivity contribution in [2.75, 3.05) is 10.8 Å². The predicted molar refractivity (Wildman–Crippen MR) is 84.3 cm³/mol. The number of benzene rings is 1. The maximum atomic E-state index is 13.0. The molecule has 0 aliphatic carbocycles. The maximum absolute atomic E-state index is 13.0. The van der Waals surface area contributed by atoms with Gasteiger partial charge in [0, 0.05) is 6.54 Å². The molecule has 2 aromatic rings. The quantitative estimate of drug-likeness (QED) is 0.945. The van der Waals surface area contributed by atoms with Gasteiger partial charge in [0.15, 0.2) is 0 Å². The van der Waals surface area contributed by atoms with Gasteiger partial charge in [-0.2, -0.15) is 0 Å². The van der Waals surface area contributed by atoms with Crippen molar-refractivity contribution in [1.29, 1.82) is 0 Å². The van der Waals surface area contributed by atoms with Gasteiger partial charge in [0.25, 0.3) is 10.0 Å². The summed E-state index contributed by atoms with van der Waals surface area (Å²) in [5.41, 5.74) is 2.52. The topological polar surface area (TPSA) is 57.6 Å². The summed E-state index contributed by atoms with van der Waals surface area (Å²) in [6.45, 7) is 2.01. The molecule has 0 fully saturated rings. The molecular formula is C15H17NO3S2. The molecule has 2 heterocycles. The first-order valence-electron chi connectivity index (χ1n) is 6.84. The molecule has 0 atom stereocenters. The average Bonchev–Trinajstić information content (AvgIpc) is 2.88. The standard InChI is InChI=1S/C15H17NO3S2/c1-11-10-20-14(9-17)15(11)21(18,19)16-8-4-6-12-5-2-3-7-13(12)16/h2-3,5,7,10,17H,4,6,8-9H2,1H3. The highest BCUT2D eigenvalue weighted by molar-refractivity contribution is 7.93. The minimum Gasteiger partial charge on any atom is -0.391 e. The lowest BCUT2D eigenvalue weighted by Gasteiger charge is -2.30. The summed E-state index contributed by atoms with van der Waals surface area (Å²) >= 11 is 1.29. The first-order valence-corrected chi connectivity index (χ1v) is 9.16. The van der Waals surface area contributed by atoms with Crippen LogP contribution in [0.15, 0.2) is 34.5 Å². The third-order valence-electron chi connectivity index (χ3n) is 3.75. The number of aliphatic hydroxyl groups excluding tert-OH is 1. The number of sulfonamides is 1. The number of para-hydroxylation sites is 1. The van der Waals surface area contributed by atoms with Crippen LogP contribution in [-0.2, 0) is 23.1 Å². The monoisotopic (exact) mass is 323 g/mol. The highest BCUT2D eigenvalue weighted by Crippen LogP contribution is 2.35. The Kier molecular flexibility index (Phi) is 3.77. The van der Waals surface area contributed by atoms with Crippen molar-refractivity contribution in [1.82, 2.24) is 0 Å². The highest BCUT2D eigenvalue weighted by atomic mass is 32.2. The number of hydrogen-bond donors (Lipinski definition) is 1. The number of fused-ring (bicyclic) bond motifs is 1. The van der Waals surface area contributed by atoms with E-state index in [1.165, 1.54) is 15.6 Å². The fourth-order valence-electron chi connectivity index (χ4n) is 2.80. The molecule has 21 heavy (non-hydrogen) atoms. The van der Waals surface area contributed by atoms with Crippen LogP contribution < -0.4 is 4.31 Å². The Morgan fingerprint density at radius 3 is 2.86 bits per heavy atom. The van der Waals surface area contributed by atoms with Crippen molar-refractivity contribution in [3.8, 4) is 0 Å². The summed E-state index contributed by atoms with van der Waals surface area (Å²) in [6, 6.07) is 7.63. The van der Waals surface area contributed by atoms with Crippen LogP contribution in [0.25, 0.3) is 0 Å². The molecule has 112 valence electrons. The van der Waals surface area contributed by atoms with Crippen molar-refractivity contribution in [3.05, 3.63) is 45.6 Å². The van der Waals surface area contributed by atoms with Crippen molar-refractivity contribution >= 4 is 27.0 Å². The van der Waals surface area contributed by atoms with Crippen molar-refractivity contribution in [3.63, 3.8) is 0 Å². The van der Waals surface area contributed by atoms with Crippen LogP contribution in [0.4, 0.5) is 5.69 Å². The van der Waals surface area contributed by atoms with Gasteiger partial charge in [0.05, 0.1) is 17.2 Å². The molecule has 1 aromatic carbocycles. The Labute approximate surface area is 128 Å². The van der Waals surface area contributed by atoms with Gasteiger partial charge in [0.2, 0.25) is 0 Å². The van der Waals surface area contributed by atoms with Gasteiger partial charge in [-0.25, -0.2) is 8.42 Å². The van der Waals surface area contributed by atoms with Gasteiger partial charge in [-0.05, 0) is 42.3 Å². The molecular weight excluding hydrogens is 306 g/mol. The lowest BCUT2D eigenvalue weighted by atomic mass is 10.0. The molecule has 1 N–H and O–H groups in total. The van der Waals surface area contributed by atoms with Crippen LogP contribution in [0.3, 0.4) is 0 Å². The summed E-state index contributed by atoms with van der Waals surface area (Å²) in [7, 11) is -3.62. The number of aliphatic hydroxyl groups is 1. The predicted octanol–water partition coefficient (Wildman–Crippen LogP) is 2.69. The van der Waals surface area contributed by atoms with Crippen LogP contribution in [-0.4, -0.2) is 20.1 Å². The fourth-order valence-corrected chi connectivity index (χ4v) is 5.96. The van der Waals surface area contributed by atoms with Gasteiger partial charge in [-0.15, -0.1) is 11.3 Å². The second-order valence-electron chi connectivity index (χ2n) is 5.14. The van der Waals surface area contributed by atoms with Crippen molar-refractivity contribution in [2.45, 2.75) is 31.3 Å². The van der Waals surface area contributed by atoms with Crippen LogP contribution in [0.5, 0.6) is 0 Å². The second kappa shape index (κ2) is 5.44. The summed E-state index contributed by atoms with van der Waals surface area (Å²) in [5.74, 6) is 0. The number of rotatable bonds is 3. The molecule has 0 unspecified atom stereocenters. The molecule has 6 heteroatoms. The summed E-state index contributed by atoms with van der Waals surface area (Å²) in [5, 5.41) is 11.2. The van der Waals surface area contributed by atoms with Gasteiger partial charge in [0.1, 0.15) is 4.90 Å². The summed E-state index contributed by atoms with van der Waals surface area (Å²) in [4.78, 5) is 0.780. The van der Waals surface area contributed by atoms with E-state index in [9.17, 15) is 13.5 Å². The van der Waals surface area contributed by atoms with Crippen molar-refractivity contribution < 1.29 is 13.5 Å². The average molecular weight is 323 g/mol. The molecule has 0 saturated carbocycles. The number of aryl methyl sites for hydroxylation is 2. The molecule has 0 saturated heterocycles. The van der Waals surface area contributed by atoms with E-state index in [1.807, 2.05) is 24.3 Å². The van der Waals surface area contributed by atoms with E-state index in [2.05, 4.69) is 0 Å². The molecule has 1 aliphatic rings. The van der Waals surface area contributed by atoms with Crippen molar-refractivity contribution in [2.24, 2.45) is 0 Å². The third-order valence-corrected chi connectivity index (χ3v) is 7.01. The van der Waals surface area contributed by atoms with Crippen LogP contribution in [0.2, 0.25) is 0 Å². The van der Waals surface area contributed by atoms with Crippen LogP contribution in [0.1, 0.15) is 22.4 Å². The molecule has 0 amide bonds. The largest absolute Gasteiger partial charge is 0.391 e. The first kappa shape index (κ1) is 14.6. The zero-order valence-corrected chi connectivity index (χ0v) is 13.4. The van der Waals surface area contributed by atoms with Gasteiger partial charge >= 0.3 is 0 Å². The van der Waals surface area contributed by atoms with E-state index in [0.29, 0.717) is 17.0 Å². The summed E-state index contributed by atoms with van der Waals surface area (Å²) in [6.07, 6.45) is 1.71. The molecule has 1 aliphatic heterocycles. The Hall–Kier alpha value is -1.37. The smallest absolute Gasteiger partial charge is 0.265 e. The van der Waals surface area contributed by atoms with Gasteiger partial charge in [-0.3, -0.25) is 4.31 Å². The highest BCUT2D eigenvalue weighted by Gasteiger charge is 2.32. The number of nitrogens with zero attached hydrogens (tertiary/aromatic N) is 1. The van der Waals surface area contributed by atoms with E-state index in [0.717, 1.165) is 24.1 Å².